The van der Waals surface area contributed by atoms with Gasteiger partial charge in [-0.15, -0.1) is 11.3 Å². The SMILES string of the molecule is CN(C)C(C)(C)C(O)c1sccc1Cl. The van der Waals surface area contributed by atoms with Gasteiger partial charge in [-0.25, -0.2) is 0 Å². The van der Waals surface area contributed by atoms with Crippen molar-refractivity contribution >= 4 is 22.9 Å². The summed E-state index contributed by atoms with van der Waals surface area (Å²) in [5.74, 6) is 0. The maximum atomic E-state index is 10.2. The Morgan fingerprint density at radius 2 is 2.07 bits per heavy atom. The van der Waals surface area contributed by atoms with Gasteiger partial charge in [-0.3, -0.25) is 0 Å². The first-order chi connectivity index (χ1) is 6.37. The molecule has 1 N–H and O–H groups in total. The van der Waals surface area contributed by atoms with Gasteiger partial charge >= 0.3 is 0 Å². The molecule has 1 aromatic rings. The molecule has 1 unspecified atom stereocenters. The lowest BCUT2D eigenvalue weighted by atomic mass is 9.95. The second-order valence-corrected chi connectivity index (χ2v) is 5.44. The molecule has 0 aliphatic carbocycles. The Morgan fingerprint density at radius 1 is 1.50 bits per heavy atom. The van der Waals surface area contributed by atoms with Gasteiger partial charge in [-0.05, 0) is 39.4 Å². The maximum Gasteiger partial charge on any atom is 0.107 e. The van der Waals surface area contributed by atoms with Crippen molar-refractivity contribution in [2.24, 2.45) is 0 Å². The number of halogens is 1. The second-order valence-electron chi connectivity index (χ2n) is 4.08. The molecule has 0 saturated heterocycles. The molecule has 0 aliphatic rings. The van der Waals surface area contributed by atoms with Gasteiger partial charge in [0.25, 0.3) is 0 Å². The minimum atomic E-state index is -0.551. The topological polar surface area (TPSA) is 23.5 Å². The number of nitrogens with zero attached hydrogens (tertiary/aromatic N) is 1. The first-order valence-electron chi connectivity index (χ1n) is 4.45. The molecule has 0 radical (unpaired) electrons. The molecular formula is C10H16ClNOS. The Balaban J connectivity index is 2.96. The highest BCUT2D eigenvalue weighted by atomic mass is 35.5. The Labute approximate surface area is 94.1 Å². The quantitative estimate of drug-likeness (QED) is 0.868. The van der Waals surface area contributed by atoms with Gasteiger partial charge in [-0.2, -0.15) is 0 Å². The predicted molar refractivity (Wildman–Crippen MR) is 62.1 cm³/mol. The van der Waals surface area contributed by atoms with E-state index in [1.165, 1.54) is 11.3 Å². The highest BCUT2D eigenvalue weighted by Crippen LogP contribution is 2.36. The molecule has 1 heterocycles. The number of aliphatic hydroxyl groups is 1. The number of hydrogen-bond donors (Lipinski definition) is 1. The van der Waals surface area contributed by atoms with Gasteiger partial charge in [0.15, 0.2) is 0 Å². The summed E-state index contributed by atoms with van der Waals surface area (Å²) in [6, 6.07) is 1.82. The van der Waals surface area contributed by atoms with Gasteiger partial charge in [0.05, 0.1) is 9.90 Å². The molecule has 2 nitrogen and oxygen atoms in total. The summed E-state index contributed by atoms with van der Waals surface area (Å²) in [7, 11) is 3.90. The third-order valence-electron chi connectivity index (χ3n) is 2.71. The molecule has 1 rings (SSSR count). The summed E-state index contributed by atoms with van der Waals surface area (Å²) in [5, 5.41) is 12.7. The van der Waals surface area contributed by atoms with Crippen LogP contribution in [0.2, 0.25) is 5.02 Å². The summed E-state index contributed by atoms with van der Waals surface area (Å²) in [6.45, 7) is 3.99. The number of aliphatic hydroxyl groups excluding tert-OH is 1. The normalized spacial score (nSPS) is 14.8. The molecule has 0 amide bonds. The Morgan fingerprint density at radius 3 is 2.43 bits per heavy atom. The number of thiophene rings is 1. The average Bonchev–Trinajstić information content (AvgIpc) is 2.49. The monoisotopic (exact) mass is 233 g/mol. The molecule has 0 fully saturated rings. The van der Waals surface area contributed by atoms with Crippen molar-refractivity contribution in [2.45, 2.75) is 25.5 Å². The third-order valence-corrected chi connectivity index (χ3v) is 4.13. The zero-order chi connectivity index (χ0) is 10.9. The molecule has 0 saturated carbocycles. The van der Waals surface area contributed by atoms with Crippen molar-refractivity contribution in [2.75, 3.05) is 14.1 Å². The van der Waals surface area contributed by atoms with E-state index in [9.17, 15) is 5.11 Å². The molecule has 4 heteroatoms. The Kier molecular flexibility index (Phi) is 3.58. The van der Waals surface area contributed by atoms with Crippen molar-refractivity contribution in [3.05, 3.63) is 21.3 Å². The van der Waals surface area contributed by atoms with Crippen LogP contribution in [0.1, 0.15) is 24.8 Å². The van der Waals surface area contributed by atoms with Crippen LogP contribution in [0.15, 0.2) is 11.4 Å². The Hall–Kier alpha value is -0.0900. The minimum Gasteiger partial charge on any atom is -0.386 e. The lowest BCUT2D eigenvalue weighted by Gasteiger charge is -2.36. The summed E-state index contributed by atoms with van der Waals surface area (Å²) in [6.07, 6.45) is -0.551. The van der Waals surface area contributed by atoms with Crippen LogP contribution in [0.25, 0.3) is 0 Å². The predicted octanol–water partition coefficient (Wildman–Crippen LogP) is 2.78. The van der Waals surface area contributed by atoms with Crippen LogP contribution in [-0.4, -0.2) is 29.6 Å². The number of rotatable bonds is 3. The molecule has 1 aromatic heterocycles. The first-order valence-corrected chi connectivity index (χ1v) is 5.71. The van der Waals surface area contributed by atoms with Crippen LogP contribution in [0.5, 0.6) is 0 Å². The molecular weight excluding hydrogens is 218 g/mol. The van der Waals surface area contributed by atoms with Crippen molar-refractivity contribution in [3.63, 3.8) is 0 Å². The molecule has 1 atom stereocenters. The summed E-state index contributed by atoms with van der Waals surface area (Å²) in [5.41, 5.74) is -0.311. The standard InChI is InChI=1S/C10H16ClNOS/c1-10(2,12(3)4)9(13)8-7(11)5-6-14-8/h5-6,9,13H,1-4H3. The fraction of sp³-hybridized carbons (Fsp3) is 0.600. The van der Waals surface area contributed by atoms with E-state index in [0.717, 1.165) is 4.88 Å². The Bertz CT molecular complexity index is 309. The van der Waals surface area contributed by atoms with E-state index in [1.807, 2.05) is 44.3 Å². The van der Waals surface area contributed by atoms with Crippen molar-refractivity contribution in [1.82, 2.24) is 4.90 Å². The highest BCUT2D eigenvalue weighted by Gasteiger charge is 2.33. The van der Waals surface area contributed by atoms with Crippen molar-refractivity contribution in [3.8, 4) is 0 Å². The second kappa shape index (κ2) is 4.19. The van der Waals surface area contributed by atoms with Gasteiger partial charge < -0.3 is 10.0 Å². The number of hydrogen-bond acceptors (Lipinski definition) is 3. The first kappa shape index (κ1) is 12.0. The van der Waals surface area contributed by atoms with E-state index >= 15 is 0 Å². The largest absolute Gasteiger partial charge is 0.386 e. The van der Waals surface area contributed by atoms with Crippen molar-refractivity contribution in [1.29, 1.82) is 0 Å². The van der Waals surface area contributed by atoms with E-state index in [2.05, 4.69) is 0 Å². The van der Waals surface area contributed by atoms with E-state index in [-0.39, 0.29) is 5.54 Å². The minimum absolute atomic E-state index is 0.311. The average molecular weight is 234 g/mol. The van der Waals surface area contributed by atoms with E-state index in [4.69, 9.17) is 11.6 Å². The smallest absolute Gasteiger partial charge is 0.107 e. The molecule has 0 aliphatic heterocycles. The van der Waals surface area contributed by atoms with E-state index < -0.39 is 6.10 Å². The van der Waals surface area contributed by atoms with Crippen LogP contribution in [-0.2, 0) is 0 Å². The fourth-order valence-electron chi connectivity index (χ4n) is 1.07. The third kappa shape index (κ3) is 2.11. The van der Waals surface area contributed by atoms with Gasteiger partial charge in [-0.1, -0.05) is 11.6 Å². The van der Waals surface area contributed by atoms with E-state index in [1.54, 1.807) is 0 Å². The summed E-state index contributed by atoms with van der Waals surface area (Å²) >= 11 is 7.47. The molecule has 14 heavy (non-hydrogen) atoms. The van der Waals surface area contributed by atoms with Crippen LogP contribution < -0.4 is 0 Å². The summed E-state index contributed by atoms with van der Waals surface area (Å²) < 4.78 is 0. The van der Waals surface area contributed by atoms with Crippen LogP contribution in [0, 0.1) is 0 Å². The molecule has 0 bridgehead atoms. The highest BCUT2D eigenvalue weighted by molar-refractivity contribution is 7.10. The number of likely N-dealkylation sites (N-methyl/N-ethyl adjacent to an activating group) is 1. The van der Waals surface area contributed by atoms with Gasteiger partial charge in [0.2, 0.25) is 0 Å². The fourth-order valence-corrected chi connectivity index (χ4v) is 2.39. The molecule has 0 aromatic carbocycles. The van der Waals surface area contributed by atoms with E-state index in [0.29, 0.717) is 5.02 Å². The van der Waals surface area contributed by atoms with Gasteiger partial charge in [0.1, 0.15) is 6.10 Å². The van der Waals surface area contributed by atoms with Crippen LogP contribution >= 0.6 is 22.9 Å². The zero-order valence-corrected chi connectivity index (χ0v) is 10.5. The lowest BCUT2D eigenvalue weighted by molar-refractivity contribution is 0.0188. The van der Waals surface area contributed by atoms with Crippen LogP contribution in [0.3, 0.4) is 0 Å². The van der Waals surface area contributed by atoms with Crippen molar-refractivity contribution < 1.29 is 5.11 Å². The van der Waals surface area contributed by atoms with Crippen LogP contribution in [0.4, 0.5) is 0 Å². The summed E-state index contributed by atoms with van der Waals surface area (Å²) in [4.78, 5) is 2.83. The maximum absolute atomic E-state index is 10.2. The molecule has 0 spiro atoms. The lowest BCUT2D eigenvalue weighted by Crippen LogP contribution is -2.43. The zero-order valence-electron chi connectivity index (χ0n) is 8.91. The van der Waals surface area contributed by atoms with Gasteiger partial charge in [0, 0.05) is 5.54 Å². The molecule has 80 valence electrons.